The number of ether oxygens (including phenoxy) is 1. The summed E-state index contributed by atoms with van der Waals surface area (Å²) in [4.78, 5) is 30.4. The monoisotopic (exact) mass is 368 g/mol. The maximum atomic E-state index is 13.3. The van der Waals surface area contributed by atoms with Gasteiger partial charge in [-0.05, 0) is 51.4 Å². The highest BCUT2D eigenvalue weighted by Crippen LogP contribution is 2.24. The molecule has 27 heavy (non-hydrogen) atoms. The van der Waals surface area contributed by atoms with Gasteiger partial charge in [0, 0.05) is 12.1 Å². The zero-order chi connectivity index (χ0) is 19.7. The van der Waals surface area contributed by atoms with Gasteiger partial charge in [0.25, 0.3) is 11.2 Å². The number of nitro benzene ring substituents is 1. The van der Waals surface area contributed by atoms with Gasteiger partial charge in [-0.15, -0.1) is 0 Å². The number of nitro groups is 1. The summed E-state index contributed by atoms with van der Waals surface area (Å²) in [5.74, 6) is 1.22. The molecular formula is C19H20N4O4. The average Bonchev–Trinajstić information content (AvgIpc) is 2.67. The smallest absolute Gasteiger partial charge is 0.270 e. The minimum atomic E-state index is -0.521. The van der Waals surface area contributed by atoms with Gasteiger partial charge in [0.2, 0.25) is 0 Å². The Morgan fingerprint density at radius 1 is 1.19 bits per heavy atom. The third kappa shape index (κ3) is 3.39. The third-order valence-electron chi connectivity index (χ3n) is 4.57. The van der Waals surface area contributed by atoms with Crippen molar-refractivity contribution in [3.8, 4) is 11.4 Å². The summed E-state index contributed by atoms with van der Waals surface area (Å²) < 4.78 is 6.67. The Bertz CT molecular complexity index is 1060. The number of aromatic nitrogens is 2. The minimum Gasteiger partial charge on any atom is -0.497 e. The highest BCUT2D eigenvalue weighted by atomic mass is 16.6. The SMILES string of the molecule is COc1ccc(-n2c([C@@H](C)N(C)C)nc3ccc([N+](=O)[O-])cc3c2=O)cc1. The topological polar surface area (TPSA) is 90.5 Å². The molecule has 0 radical (unpaired) electrons. The zero-order valence-electron chi connectivity index (χ0n) is 15.5. The van der Waals surface area contributed by atoms with Gasteiger partial charge in [0.15, 0.2) is 0 Å². The van der Waals surface area contributed by atoms with E-state index in [1.807, 2.05) is 25.9 Å². The van der Waals surface area contributed by atoms with Crippen LogP contribution < -0.4 is 10.3 Å². The molecule has 2 aromatic carbocycles. The van der Waals surface area contributed by atoms with E-state index in [2.05, 4.69) is 4.98 Å². The fraction of sp³-hybridized carbons (Fsp3) is 0.263. The molecule has 0 aliphatic carbocycles. The lowest BCUT2D eigenvalue weighted by Crippen LogP contribution is -2.29. The van der Waals surface area contributed by atoms with Crippen molar-refractivity contribution in [2.45, 2.75) is 13.0 Å². The molecule has 0 saturated heterocycles. The van der Waals surface area contributed by atoms with E-state index < -0.39 is 4.92 Å². The van der Waals surface area contributed by atoms with Gasteiger partial charge in [0.1, 0.15) is 11.6 Å². The van der Waals surface area contributed by atoms with Crippen LogP contribution in [0.1, 0.15) is 18.8 Å². The number of benzene rings is 2. The Morgan fingerprint density at radius 2 is 1.85 bits per heavy atom. The molecule has 140 valence electrons. The number of nitrogens with zero attached hydrogens (tertiary/aromatic N) is 4. The summed E-state index contributed by atoms with van der Waals surface area (Å²) in [5.41, 5.74) is 0.554. The van der Waals surface area contributed by atoms with E-state index in [4.69, 9.17) is 4.74 Å². The summed E-state index contributed by atoms with van der Waals surface area (Å²) in [6.45, 7) is 1.94. The van der Waals surface area contributed by atoms with Crippen molar-refractivity contribution >= 4 is 16.6 Å². The van der Waals surface area contributed by atoms with Crippen molar-refractivity contribution in [3.05, 3.63) is 68.8 Å². The third-order valence-corrected chi connectivity index (χ3v) is 4.57. The number of non-ortho nitro benzene ring substituents is 1. The Balaban J connectivity index is 2.35. The molecular weight excluding hydrogens is 348 g/mol. The summed E-state index contributed by atoms with van der Waals surface area (Å²) in [7, 11) is 5.36. The van der Waals surface area contributed by atoms with Crippen LogP contribution in [-0.4, -0.2) is 40.6 Å². The lowest BCUT2D eigenvalue weighted by atomic mass is 10.1. The number of hydrogen-bond acceptors (Lipinski definition) is 6. The molecule has 0 saturated carbocycles. The van der Waals surface area contributed by atoms with Crippen molar-refractivity contribution in [1.29, 1.82) is 0 Å². The van der Waals surface area contributed by atoms with Crippen LogP contribution in [0, 0.1) is 10.1 Å². The Labute approximate surface area is 155 Å². The molecule has 1 aromatic heterocycles. The van der Waals surface area contributed by atoms with Gasteiger partial charge in [0.05, 0.1) is 34.7 Å². The van der Waals surface area contributed by atoms with Gasteiger partial charge in [-0.25, -0.2) is 4.98 Å². The Morgan fingerprint density at radius 3 is 2.41 bits per heavy atom. The molecule has 0 N–H and O–H groups in total. The van der Waals surface area contributed by atoms with Crippen LogP contribution in [0.3, 0.4) is 0 Å². The van der Waals surface area contributed by atoms with Crippen LogP contribution in [0.4, 0.5) is 5.69 Å². The van der Waals surface area contributed by atoms with Crippen molar-refractivity contribution in [1.82, 2.24) is 14.5 Å². The quantitative estimate of drug-likeness (QED) is 0.508. The Hall–Kier alpha value is -3.26. The molecule has 1 atom stereocenters. The fourth-order valence-electron chi connectivity index (χ4n) is 2.80. The zero-order valence-corrected chi connectivity index (χ0v) is 15.5. The van der Waals surface area contributed by atoms with E-state index in [1.165, 1.54) is 22.8 Å². The van der Waals surface area contributed by atoms with E-state index in [0.29, 0.717) is 22.8 Å². The predicted octanol–water partition coefficient (Wildman–Crippen LogP) is 2.93. The molecule has 0 fully saturated rings. The lowest BCUT2D eigenvalue weighted by Gasteiger charge is -2.23. The minimum absolute atomic E-state index is 0.143. The highest BCUT2D eigenvalue weighted by Gasteiger charge is 2.20. The van der Waals surface area contributed by atoms with Crippen molar-refractivity contribution in [2.75, 3.05) is 21.2 Å². The highest BCUT2D eigenvalue weighted by molar-refractivity contribution is 5.80. The standard InChI is InChI=1S/C19H20N4O4/c1-12(21(2)3)18-20-17-10-7-14(23(25)26)11-16(17)19(24)22(18)13-5-8-15(27-4)9-6-13/h5-12H,1-4H3/t12-/m1/s1. The average molecular weight is 368 g/mol. The Kier molecular flexibility index (Phi) is 4.91. The molecule has 0 bridgehead atoms. The summed E-state index contributed by atoms with van der Waals surface area (Å²) in [6, 6.07) is 11.0. The number of rotatable bonds is 5. The second kappa shape index (κ2) is 7.16. The van der Waals surface area contributed by atoms with Crippen molar-refractivity contribution < 1.29 is 9.66 Å². The molecule has 0 aliphatic heterocycles. The van der Waals surface area contributed by atoms with Crippen LogP contribution in [-0.2, 0) is 0 Å². The number of fused-ring (bicyclic) bond motifs is 1. The number of methoxy groups -OCH3 is 1. The van der Waals surface area contributed by atoms with Gasteiger partial charge in [-0.2, -0.15) is 0 Å². The van der Waals surface area contributed by atoms with E-state index in [1.54, 1.807) is 31.4 Å². The van der Waals surface area contributed by atoms with E-state index in [9.17, 15) is 14.9 Å². The second-order valence-electron chi connectivity index (χ2n) is 6.41. The maximum Gasteiger partial charge on any atom is 0.270 e. The largest absolute Gasteiger partial charge is 0.497 e. The second-order valence-corrected chi connectivity index (χ2v) is 6.41. The van der Waals surface area contributed by atoms with Crippen molar-refractivity contribution in [3.63, 3.8) is 0 Å². The first-order valence-electron chi connectivity index (χ1n) is 8.35. The van der Waals surface area contributed by atoms with Gasteiger partial charge in [-0.3, -0.25) is 24.4 Å². The normalized spacial score (nSPS) is 12.3. The lowest BCUT2D eigenvalue weighted by molar-refractivity contribution is -0.384. The first-order valence-corrected chi connectivity index (χ1v) is 8.35. The summed E-state index contributed by atoms with van der Waals surface area (Å²) in [6.07, 6.45) is 0. The summed E-state index contributed by atoms with van der Waals surface area (Å²) in [5, 5.41) is 11.3. The molecule has 0 aliphatic rings. The van der Waals surface area contributed by atoms with Gasteiger partial charge >= 0.3 is 0 Å². The first kappa shape index (κ1) is 18.5. The maximum absolute atomic E-state index is 13.3. The molecule has 1 heterocycles. The number of hydrogen-bond donors (Lipinski definition) is 0. The van der Waals surface area contributed by atoms with E-state index in [-0.39, 0.29) is 22.7 Å². The van der Waals surface area contributed by atoms with Crippen LogP contribution in [0.25, 0.3) is 16.6 Å². The molecule has 8 nitrogen and oxygen atoms in total. The van der Waals surface area contributed by atoms with Crippen LogP contribution in [0.2, 0.25) is 0 Å². The van der Waals surface area contributed by atoms with Crippen LogP contribution in [0.5, 0.6) is 5.75 Å². The molecule has 8 heteroatoms. The molecule has 0 spiro atoms. The molecule has 3 rings (SSSR count). The van der Waals surface area contributed by atoms with Gasteiger partial charge in [-0.1, -0.05) is 0 Å². The molecule has 0 amide bonds. The van der Waals surface area contributed by atoms with Gasteiger partial charge < -0.3 is 4.74 Å². The fourth-order valence-corrected chi connectivity index (χ4v) is 2.80. The van der Waals surface area contributed by atoms with E-state index >= 15 is 0 Å². The molecule has 3 aromatic rings. The van der Waals surface area contributed by atoms with Crippen LogP contribution >= 0.6 is 0 Å². The van der Waals surface area contributed by atoms with Crippen molar-refractivity contribution in [2.24, 2.45) is 0 Å². The predicted molar refractivity (Wildman–Crippen MR) is 103 cm³/mol. The molecule has 0 unspecified atom stereocenters. The summed E-state index contributed by atoms with van der Waals surface area (Å²) >= 11 is 0. The van der Waals surface area contributed by atoms with E-state index in [0.717, 1.165) is 0 Å². The first-order chi connectivity index (χ1) is 12.8. The van der Waals surface area contributed by atoms with Crippen LogP contribution in [0.15, 0.2) is 47.3 Å².